The molecule has 0 bridgehead atoms. The van der Waals surface area contributed by atoms with Gasteiger partial charge in [0.05, 0.1) is 11.9 Å². The number of hydrogen-bond donors (Lipinski definition) is 0. The first-order valence-electron chi connectivity index (χ1n) is 8.23. The van der Waals surface area contributed by atoms with E-state index in [4.69, 9.17) is 4.74 Å². The maximum Gasteiger partial charge on any atom is 0.314 e. The third-order valence-electron chi connectivity index (χ3n) is 4.54. The van der Waals surface area contributed by atoms with Gasteiger partial charge in [0.15, 0.2) is 0 Å². The SMILES string of the molecule is C=C(C(=O)[O-])c1ccc(OC(=O)C2CCC(CCC)CC2)cc1. The van der Waals surface area contributed by atoms with Crippen LogP contribution in [0, 0.1) is 11.8 Å². The minimum Gasteiger partial charge on any atom is -0.545 e. The molecule has 1 aromatic rings. The Morgan fingerprint density at radius 1 is 1.17 bits per heavy atom. The fourth-order valence-electron chi connectivity index (χ4n) is 3.14. The van der Waals surface area contributed by atoms with Gasteiger partial charge in [0.25, 0.3) is 0 Å². The number of benzene rings is 1. The summed E-state index contributed by atoms with van der Waals surface area (Å²) < 4.78 is 5.41. The Morgan fingerprint density at radius 3 is 2.30 bits per heavy atom. The molecule has 23 heavy (non-hydrogen) atoms. The van der Waals surface area contributed by atoms with Crippen LogP contribution >= 0.6 is 0 Å². The summed E-state index contributed by atoms with van der Waals surface area (Å²) in [6.07, 6.45) is 6.41. The van der Waals surface area contributed by atoms with Gasteiger partial charge in [0.1, 0.15) is 5.75 Å². The largest absolute Gasteiger partial charge is 0.545 e. The maximum absolute atomic E-state index is 12.2. The smallest absolute Gasteiger partial charge is 0.314 e. The number of esters is 1. The summed E-state index contributed by atoms with van der Waals surface area (Å²) in [4.78, 5) is 23.0. The molecule has 4 nitrogen and oxygen atoms in total. The molecule has 0 unspecified atom stereocenters. The van der Waals surface area contributed by atoms with Gasteiger partial charge >= 0.3 is 5.97 Å². The van der Waals surface area contributed by atoms with Crippen molar-refractivity contribution < 1.29 is 19.4 Å². The van der Waals surface area contributed by atoms with E-state index in [0.717, 1.165) is 31.6 Å². The Balaban J connectivity index is 1.88. The van der Waals surface area contributed by atoms with E-state index in [2.05, 4.69) is 13.5 Å². The van der Waals surface area contributed by atoms with Gasteiger partial charge in [-0.15, -0.1) is 0 Å². The molecule has 0 saturated heterocycles. The molecule has 4 heteroatoms. The van der Waals surface area contributed by atoms with Crippen LogP contribution in [0.25, 0.3) is 5.57 Å². The van der Waals surface area contributed by atoms with Crippen molar-refractivity contribution in [2.75, 3.05) is 0 Å². The molecule has 124 valence electrons. The van der Waals surface area contributed by atoms with Gasteiger partial charge in [-0.3, -0.25) is 4.79 Å². The standard InChI is InChI=1S/C19H24O4/c1-3-4-14-5-7-16(8-6-14)19(22)23-17-11-9-15(10-12-17)13(2)18(20)21/h9-12,14,16H,2-8H2,1H3,(H,20,21)/p-1. The Hall–Kier alpha value is -2.10. The fourth-order valence-corrected chi connectivity index (χ4v) is 3.14. The summed E-state index contributed by atoms with van der Waals surface area (Å²) in [7, 11) is 0. The normalized spacial score (nSPS) is 20.7. The molecular weight excluding hydrogens is 292 g/mol. The molecule has 0 amide bonds. The second kappa shape index (κ2) is 7.95. The average molecular weight is 315 g/mol. The molecule has 0 radical (unpaired) electrons. The monoisotopic (exact) mass is 315 g/mol. The van der Waals surface area contributed by atoms with Crippen molar-refractivity contribution in [1.82, 2.24) is 0 Å². The van der Waals surface area contributed by atoms with Crippen molar-refractivity contribution in [3.63, 3.8) is 0 Å². The average Bonchev–Trinajstić information content (AvgIpc) is 2.55. The quantitative estimate of drug-likeness (QED) is 0.460. The highest BCUT2D eigenvalue weighted by Crippen LogP contribution is 2.32. The molecule has 0 aliphatic heterocycles. The molecule has 0 heterocycles. The number of ether oxygens (including phenoxy) is 1. The summed E-state index contributed by atoms with van der Waals surface area (Å²) in [5.74, 6) is -0.342. The summed E-state index contributed by atoms with van der Waals surface area (Å²) in [5, 5.41) is 10.7. The number of rotatable bonds is 6. The second-order valence-corrected chi connectivity index (χ2v) is 6.22. The second-order valence-electron chi connectivity index (χ2n) is 6.22. The molecule has 1 aliphatic carbocycles. The molecule has 0 aromatic heterocycles. The van der Waals surface area contributed by atoms with Crippen LogP contribution in [-0.4, -0.2) is 11.9 Å². The first-order valence-corrected chi connectivity index (χ1v) is 8.23. The van der Waals surface area contributed by atoms with Gasteiger partial charge in [-0.25, -0.2) is 0 Å². The lowest BCUT2D eigenvalue weighted by Crippen LogP contribution is -2.25. The Kier molecular flexibility index (Phi) is 5.97. The van der Waals surface area contributed by atoms with Crippen LogP contribution in [-0.2, 0) is 9.59 Å². The van der Waals surface area contributed by atoms with Gasteiger partial charge in [-0.2, -0.15) is 0 Å². The number of hydrogen-bond acceptors (Lipinski definition) is 4. The van der Waals surface area contributed by atoms with Crippen LogP contribution in [0.15, 0.2) is 30.8 Å². The minimum absolute atomic E-state index is 0.0269. The summed E-state index contributed by atoms with van der Waals surface area (Å²) in [6, 6.07) is 6.31. The topological polar surface area (TPSA) is 66.4 Å². The number of carbonyl (C=O) groups excluding carboxylic acids is 2. The number of aliphatic carboxylic acids is 1. The van der Waals surface area contributed by atoms with E-state index >= 15 is 0 Å². The summed E-state index contributed by atoms with van der Waals surface area (Å²) in [6.45, 7) is 5.63. The summed E-state index contributed by atoms with van der Waals surface area (Å²) in [5.41, 5.74) is 0.363. The van der Waals surface area contributed by atoms with Crippen LogP contribution in [0.5, 0.6) is 5.75 Å². The van der Waals surface area contributed by atoms with Crippen molar-refractivity contribution in [3.05, 3.63) is 36.4 Å². The van der Waals surface area contributed by atoms with Gasteiger partial charge in [0.2, 0.25) is 0 Å². The Bertz CT molecular complexity index is 566. The van der Waals surface area contributed by atoms with E-state index in [0.29, 0.717) is 11.3 Å². The lowest BCUT2D eigenvalue weighted by Gasteiger charge is -2.26. The van der Waals surface area contributed by atoms with Crippen LogP contribution in [0.1, 0.15) is 51.0 Å². The third-order valence-corrected chi connectivity index (χ3v) is 4.54. The predicted molar refractivity (Wildman–Crippen MR) is 86.5 cm³/mol. The van der Waals surface area contributed by atoms with E-state index in [-0.39, 0.29) is 17.5 Å². The van der Waals surface area contributed by atoms with Crippen molar-refractivity contribution in [2.45, 2.75) is 45.4 Å². The van der Waals surface area contributed by atoms with Crippen molar-refractivity contribution >= 4 is 17.5 Å². The number of carboxylic acids is 1. The molecule has 1 saturated carbocycles. The van der Waals surface area contributed by atoms with Crippen molar-refractivity contribution in [3.8, 4) is 5.75 Å². The van der Waals surface area contributed by atoms with Gasteiger partial charge in [-0.1, -0.05) is 38.5 Å². The van der Waals surface area contributed by atoms with E-state index in [1.54, 1.807) is 24.3 Å². The zero-order valence-electron chi connectivity index (χ0n) is 13.5. The molecule has 1 aliphatic rings. The van der Waals surface area contributed by atoms with Crippen LogP contribution in [0.3, 0.4) is 0 Å². The highest BCUT2D eigenvalue weighted by Gasteiger charge is 2.27. The van der Waals surface area contributed by atoms with Crippen molar-refractivity contribution in [2.24, 2.45) is 11.8 Å². The molecular formula is C19H23O4-. The molecule has 0 atom stereocenters. The minimum atomic E-state index is -1.31. The highest BCUT2D eigenvalue weighted by atomic mass is 16.5. The Labute approximate surface area is 137 Å². The number of carbonyl (C=O) groups is 2. The zero-order valence-corrected chi connectivity index (χ0v) is 13.5. The van der Waals surface area contributed by atoms with Gasteiger partial charge < -0.3 is 14.6 Å². The van der Waals surface area contributed by atoms with Crippen LogP contribution < -0.4 is 9.84 Å². The van der Waals surface area contributed by atoms with E-state index in [1.165, 1.54) is 12.8 Å². The van der Waals surface area contributed by atoms with E-state index in [1.807, 2.05) is 0 Å². The molecule has 2 rings (SSSR count). The maximum atomic E-state index is 12.2. The third kappa shape index (κ3) is 4.68. The zero-order chi connectivity index (χ0) is 16.8. The van der Waals surface area contributed by atoms with Gasteiger partial charge in [-0.05, 0) is 54.9 Å². The lowest BCUT2D eigenvalue weighted by atomic mass is 9.80. The first kappa shape index (κ1) is 17.3. The van der Waals surface area contributed by atoms with Gasteiger partial charge in [0, 0.05) is 0 Å². The summed E-state index contributed by atoms with van der Waals surface area (Å²) >= 11 is 0. The molecule has 1 aromatic carbocycles. The number of carboxylic acid groups (broad SMARTS) is 1. The van der Waals surface area contributed by atoms with Crippen LogP contribution in [0.2, 0.25) is 0 Å². The molecule has 1 fully saturated rings. The van der Waals surface area contributed by atoms with Crippen molar-refractivity contribution in [1.29, 1.82) is 0 Å². The molecule has 0 N–H and O–H groups in total. The van der Waals surface area contributed by atoms with E-state index < -0.39 is 5.97 Å². The Morgan fingerprint density at radius 2 is 1.78 bits per heavy atom. The van der Waals surface area contributed by atoms with Crippen LogP contribution in [0.4, 0.5) is 0 Å². The first-order chi connectivity index (χ1) is 11.0. The lowest BCUT2D eigenvalue weighted by molar-refractivity contribution is -0.295. The predicted octanol–water partition coefficient (Wildman–Crippen LogP) is 2.96. The van der Waals surface area contributed by atoms with E-state index in [9.17, 15) is 14.7 Å². The fraction of sp³-hybridized carbons (Fsp3) is 0.474. The molecule has 0 spiro atoms. The highest BCUT2D eigenvalue weighted by molar-refractivity contribution is 6.13.